The Balaban J connectivity index is 2.19. The van der Waals surface area contributed by atoms with Crippen molar-refractivity contribution in [2.75, 3.05) is 6.54 Å². The third-order valence-electron chi connectivity index (χ3n) is 3.07. The Morgan fingerprint density at radius 2 is 1.86 bits per heavy atom. The molecule has 0 aliphatic carbocycles. The van der Waals surface area contributed by atoms with Gasteiger partial charge in [-0.3, -0.25) is 9.59 Å². The van der Waals surface area contributed by atoms with Crippen molar-refractivity contribution >= 4 is 23.6 Å². The Morgan fingerprint density at radius 3 is 2.48 bits per heavy atom. The summed E-state index contributed by atoms with van der Waals surface area (Å²) < 4.78 is 0. The molecule has 2 N–H and O–H groups in total. The van der Waals surface area contributed by atoms with E-state index in [1.54, 1.807) is 11.8 Å². The summed E-state index contributed by atoms with van der Waals surface area (Å²) in [5.41, 5.74) is 1.21. The van der Waals surface area contributed by atoms with Gasteiger partial charge in [-0.05, 0) is 38.8 Å². The summed E-state index contributed by atoms with van der Waals surface area (Å²) in [5.74, 6) is -0.735. The number of aryl methyl sites for hydroxylation is 1. The van der Waals surface area contributed by atoms with Gasteiger partial charge in [-0.1, -0.05) is 24.1 Å². The number of nitrogens with one attached hydrogen (secondary N) is 1. The highest BCUT2D eigenvalue weighted by Gasteiger charge is 2.13. The average Bonchev–Trinajstić information content (AvgIpc) is 2.44. The molecular formula is C16H23NO3S. The van der Waals surface area contributed by atoms with Crippen molar-refractivity contribution in [1.29, 1.82) is 0 Å². The second kappa shape index (κ2) is 9.45. The van der Waals surface area contributed by atoms with Crippen molar-refractivity contribution in [3.63, 3.8) is 0 Å². The zero-order chi connectivity index (χ0) is 15.7. The summed E-state index contributed by atoms with van der Waals surface area (Å²) in [5, 5.41) is 11.3. The van der Waals surface area contributed by atoms with E-state index in [-0.39, 0.29) is 17.6 Å². The van der Waals surface area contributed by atoms with Crippen LogP contribution < -0.4 is 5.32 Å². The largest absolute Gasteiger partial charge is 0.481 e. The van der Waals surface area contributed by atoms with Crippen LogP contribution in [-0.4, -0.2) is 28.8 Å². The number of benzene rings is 1. The van der Waals surface area contributed by atoms with Gasteiger partial charge < -0.3 is 10.4 Å². The molecule has 0 spiro atoms. The van der Waals surface area contributed by atoms with Crippen LogP contribution in [0.15, 0.2) is 29.2 Å². The summed E-state index contributed by atoms with van der Waals surface area (Å²) in [6.45, 7) is 4.54. The first kappa shape index (κ1) is 17.6. The normalized spacial score (nSPS) is 11.9. The molecule has 0 bridgehead atoms. The van der Waals surface area contributed by atoms with Gasteiger partial charge in [-0.15, -0.1) is 11.8 Å². The van der Waals surface area contributed by atoms with Gasteiger partial charge in [0, 0.05) is 17.9 Å². The lowest BCUT2D eigenvalue weighted by molar-refractivity contribution is -0.137. The van der Waals surface area contributed by atoms with Crippen molar-refractivity contribution in [1.82, 2.24) is 5.32 Å². The van der Waals surface area contributed by atoms with Crippen LogP contribution in [0.2, 0.25) is 0 Å². The molecule has 1 aromatic carbocycles. The van der Waals surface area contributed by atoms with E-state index in [0.717, 1.165) is 17.7 Å². The maximum Gasteiger partial charge on any atom is 0.303 e. The minimum absolute atomic E-state index is 0.0267. The maximum absolute atomic E-state index is 11.9. The number of aliphatic carboxylic acids is 1. The summed E-state index contributed by atoms with van der Waals surface area (Å²) >= 11 is 1.54. The highest BCUT2D eigenvalue weighted by atomic mass is 32.2. The second-order valence-corrected chi connectivity index (χ2v) is 6.48. The lowest BCUT2D eigenvalue weighted by Gasteiger charge is -2.12. The van der Waals surface area contributed by atoms with Gasteiger partial charge in [0.2, 0.25) is 5.91 Å². The number of unbranched alkanes of at least 4 members (excludes halogenated alkanes) is 2. The number of carbonyl (C=O) groups is 2. The predicted octanol–water partition coefficient (Wildman–Crippen LogP) is 3.24. The molecule has 1 rings (SSSR count). The van der Waals surface area contributed by atoms with Crippen LogP contribution in [0.1, 0.15) is 38.2 Å². The van der Waals surface area contributed by atoms with Gasteiger partial charge in [-0.2, -0.15) is 0 Å². The van der Waals surface area contributed by atoms with Crippen LogP contribution in [0.4, 0.5) is 0 Å². The lowest BCUT2D eigenvalue weighted by Crippen LogP contribution is -2.31. The summed E-state index contributed by atoms with van der Waals surface area (Å²) in [7, 11) is 0. The molecule has 21 heavy (non-hydrogen) atoms. The van der Waals surface area contributed by atoms with Gasteiger partial charge in [-0.25, -0.2) is 0 Å². The van der Waals surface area contributed by atoms with E-state index in [2.05, 4.69) is 5.32 Å². The SMILES string of the molecule is Cc1ccc(S[C@@H](C)C(=O)NCCCCCC(=O)O)cc1. The Labute approximate surface area is 130 Å². The van der Waals surface area contributed by atoms with E-state index in [1.165, 1.54) is 5.56 Å². The van der Waals surface area contributed by atoms with E-state index in [0.29, 0.717) is 13.0 Å². The Kier molecular flexibility index (Phi) is 7.90. The lowest BCUT2D eigenvalue weighted by atomic mass is 10.2. The number of hydrogen-bond acceptors (Lipinski definition) is 3. The molecule has 0 heterocycles. The molecule has 1 amide bonds. The van der Waals surface area contributed by atoms with E-state index in [4.69, 9.17) is 5.11 Å². The molecule has 1 atom stereocenters. The summed E-state index contributed by atoms with van der Waals surface area (Å²) in [6, 6.07) is 8.12. The molecule has 0 aliphatic rings. The van der Waals surface area contributed by atoms with Crippen molar-refractivity contribution < 1.29 is 14.7 Å². The Morgan fingerprint density at radius 1 is 1.19 bits per heavy atom. The molecule has 116 valence electrons. The fraction of sp³-hybridized carbons (Fsp3) is 0.500. The smallest absolute Gasteiger partial charge is 0.303 e. The van der Waals surface area contributed by atoms with Crippen molar-refractivity contribution in [3.05, 3.63) is 29.8 Å². The third-order valence-corrected chi connectivity index (χ3v) is 4.18. The minimum Gasteiger partial charge on any atom is -0.481 e. The van der Waals surface area contributed by atoms with Crippen LogP contribution in [0, 0.1) is 6.92 Å². The monoisotopic (exact) mass is 309 g/mol. The molecule has 0 unspecified atom stereocenters. The van der Waals surface area contributed by atoms with E-state index >= 15 is 0 Å². The number of carbonyl (C=O) groups excluding carboxylic acids is 1. The number of hydrogen-bond donors (Lipinski definition) is 2. The zero-order valence-corrected chi connectivity index (χ0v) is 13.4. The fourth-order valence-corrected chi connectivity index (χ4v) is 2.70. The van der Waals surface area contributed by atoms with Crippen LogP contribution >= 0.6 is 11.8 Å². The number of amides is 1. The van der Waals surface area contributed by atoms with Crippen LogP contribution in [-0.2, 0) is 9.59 Å². The van der Waals surface area contributed by atoms with Crippen molar-refractivity contribution in [2.24, 2.45) is 0 Å². The van der Waals surface area contributed by atoms with Crippen molar-refractivity contribution in [3.8, 4) is 0 Å². The van der Waals surface area contributed by atoms with Gasteiger partial charge in [0.05, 0.1) is 5.25 Å². The minimum atomic E-state index is -0.762. The van der Waals surface area contributed by atoms with E-state index in [9.17, 15) is 9.59 Å². The number of rotatable bonds is 9. The Bertz CT molecular complexity index is 459. The highest BCUT2D eigenvalue weighted by molar-refractivity contribution is 8.00. The van der Waals surface area contributed by atoms with E-state index in [1.807, 2.05) is 38.1 Å². The topological polar surface area (TPSA) is 66.4 Å². The molecule has 0 saturated heterocycles. The molecule has 0 saturated carbocycles. The van der Waals surface area contributed by atoms with Gasteiger partial charge in [0.15, 0.2) is 0 Å². The maximum atomic E-state index is 11.9. The second-order valence-electron chi connectivity index (χ2n) is 5.07. The first-order chi connectivity index (χ1) is 9.99. The van der Waals surface area contributed by atoms with Crippen molar-refractivity contribution in [2.45, 2.75) is 49.7 Å². The first-order valence-electron chi connectivity index (χ1n) is 7.22. The van der Waals surface area contributed by atoms with E-state index < -0.39 is 5.97 Å². The molecule has 0 fully saturated rings. The molecular weight excluding hydrogens is 286 g/mol. The third kappa shape index (κ3) is 7.75. The molecule has 5 heteroatoms. The average molecular weight is 309 g/mol. The van der Waals surface area contributed by atoms with Crippen LogP contribution in [0.25, 0.3) is 0 Å². The van der Waals surface area contributed by atoms with Gasteiger partial charge in [0.1, 0.15) is 0 Å². The fourth-order valence-electron chi connectivity index (χ4n) is 1.81. The molecule has 1 aromatic rings. The molecule has 0 aliphatic heterocycles. The summed E-state index contributed by atoms with van der Waals surface area (Å²) in [4.78, 5) is 23.4. The number of carboxylic acids is 1. The number of carboxylic acid groups (broad SMARTS) is 1. The quantitative estimate of drug-likeness (QED) is 0.543. The predicted molar refractivity (Wildman–Crippen MR) is 85.6 cm³/mol. The first-order valence-corrected chi connectivity index (χ1v) is 8.10. The molecule has 0 radical (unpaired) electrons. The Hall–Kier alpha value is -1.49. The summed E-state index contributed by atoms with van der Waals surface area (Å²) in [6.07, 6.45) is 2.51. The highest BCUT2D eigenvalue weighted by Crippen LogP contribution is 2.23. The molecule has 0 aromatic heterocycles. The molecule has 4 nitrogen and oxygen atoms in total. The van der Waals surface area contributed by atoms with Crippen LogP contribution in [0.3, 0.4) is 0 Å². The number of thioether (sulfide) groups is 1. The van der Waals surface area contributed by atoms with Gasteiger partial charge >= 0.3 is 5.97 Å². The van der Waals surface area contributed by atoms with Gasteiger partial charge in [0.25, 0.3) is 0 Å². The standard InChI is InChI=1S/C16H23NO3S/c1-12-7-9-14(10-8-12)21-13(2)16(20)17-11-5-3-4-6-15(18)19/h7-10,13H,3-6,11H2,1-2H3,(H,17,20)(H,18,19)/t13-/m0/s1. The van der Waals surface area contributed by atoms with Crippen LogP contribution in [0.5, 0.6) is 0 Å². The zero-order valence-electron chi connectivity index (χ0n) is 12.6.